The number of benzene rings is 2. The first-order chi connectivity index (χ1) is 11.4. The Morgan fingerprint density at radius 3 is 2.58 bits per heavy atom. The van der Waals surface area contributed by atoms with Gasteiger partial charge in [0.25, 0.3) is 5.91 Å². The zero-order valence-electron chi connectivity index (χ0n) is 14.7. The van der Waals surface area contributed by atoms with Crippen LogP contribution in [0, 0.1) is 13.8 Å². The number of hydrogen-bond acceptors (Lipinski definition) is 2. The van der Waals surface area contributed by atoms with Gasteiger partial charge in [0.2, 0.25) is 0 Å². The lowest BCUT2D eigenvalue weighted by Crippen LogP contribution is -2.31. The summed E-state index contributed by atoms with van der Waals surface area (Å²) >= 11 is 3.49. The molecule has 2 rings (SSSR count). The van der Waals surface area contributed by atoms with E-state index in [1.54, 1.807) is 0 Å². The molecule has 2 aromatic carbocycles. The van der Waals surface area contributed by atoms with Crippen molar-refractivity contribution in [3.63, 3.8) is 0 Å². The van der Waals surface area contributed by atoms with Crippen molar-refractivity contribution in [1.29, 1.82) is 0 Å². The third kappa shape index (κ3) is 4.84. The van der Waals surface area contributed by atoms with Crippen LogP contribution in [0.15, 0.2) is 40.9 Å². The number of rotatable bonds is 6. The van der Waals surface area contributed by atoms with Gasteiger partial charge in [0.15, 0.2) is 6.61 Å². The first kappa shape index (κ1) is 18.5. The molecule has 1 atom stereocenters. The highest BCUT2D eigenvalue weighted by Gasteiger charge is 2.13. The maximum atomic E-state index is 12.2. The Morgan fingerprint density at radius 1 is 1.21 bits per heavy atom. The van der Waals surface area contributed by atoms with E-state index in [1.807, 2.05) is 25.1 Å². The lowest BCUT2D eigenvalue weighted by molar-refractivity contribution is -0.123. The monoisotopic (exact) mass is 389 g/mol. The average Bonchev–Trinajstić information content (AvgIpc) is 2.53. The second-order valence-electron chi connectivity index (χ2n) is 6.06. The molecule has 4 heteroatoms. The SMILES string of the molecule is CCc1ccc(OCC(=O)N[C@H](C)c2ccc(C)cc2C)c(Br)c1. The standard InChI is InChI=1S/C20H24BrNO2/c1-5-16-7-9-19(18(21)11-16)24-12-20(23)22-15(4)17-8-6-13(2)10-14(17)3/h6-11,15H,5,12H2,1-4H3,(H,22,23)/t15-/m1/s1. The molecule has 0 spiro atoms. The van der Waals surface area contributed by atoms with Gasteiger partial charge in [-0.05, 0) is 71.9 Å². The summed E-state index contributed by atoms with van der Waals surface area (Å²) in [6, 6.07) is 12.1. The maximum Gasteiger partial charge on any atom is 0.258 e. The molecule has 0 fully saturated rings. The molecular formula is C20H24BrNO2. The van der Waals surface area contributed by atoms with Crippen LogP contribution < -0.4 is 10.1 Å². The van der Waals surface area contributed by atoms with E-state index < -0.39 is 0 Å². The molecule has 2 aromatic rings. The predicted molar refractivity (Wildman–Crippen MR) is 101 cm³/mol. The summed E-state index contributed by atoms with van der Waals surface area (Å²) in [6.45, 7) is 8.22. The lowest BCUT2D eigenvalue weighted by atomic mass is 10.0. The quantitative estimate of drug-likeness (QED) is 0.763. The molecule has 24 heavy (non-hydrogen) atoms. The Hall–Kier alpha value is -1.81. The van der Waals surface area contributed by atoms with Crippen LogP contribution in [0.25, 0.3) is 0 Å². The Bertz CT molecular complexity index is 728. The largest absolute Gasteiger partial charge is 0.483 e. The first-order valence-corrected chi connectivity index (χ1v) is 8.97. The zero-order chi connectivity index (χ0) is 17.7. The maximum absolute atomic E-state index is 12.2. The van der Waals surface area contributed by atoms with Crippen molar-refractivity contribution in [2.45, 2.75) is 40.2 Å². The summed E-state index contributed by atoms with van der Waals surface area (Å²) < 4.78 is 6.50. The van der Waals surface area contributed by atoms with Gasteiger partial charge in [-0.2, -0.15) is 0 Å². The molecule has 0 bridgehead atoms. The summed E-state index contributed by atoms with van der Waals surface area (Å²) in [5.41, 5.74) is 4.75. The second-order valence-corrected chi connectivity index (χ2v) is 6.91. The molecule has 1 amide bonds. The molecule has 0 aliphatic heterocycles. The minimum atomic E-state index is -0.131. The topological polar surface area (TPSA) is 38.3 Å². The zero-order valence-corrected chi connectivity index (χ0v) is 16.2. The van der Waals surface area contributed by atoms with Gasteiger partial charge in [-0.1, -0.05) is 36.8 Å². The van der Waals surface area contributed by atoms with Crippen molar-refractivity contribution in [3.05, 3.63) is 63.1 Å². The third-order valence-electron chi connectivity index (χ3n) is 4.03. The number of halogens is 1. The third-order valence-corrected chi connectivity index (χ3v) is 4.65. The number of carbonyl (C=O) groups is 1. The average molecular weight is 390 g/mol. The molecule has 0 saturated carbocycles. The van der Waals surface area contributed by atoms with Crippen LogP contribution in [0.4, 0.5) is 0 Å². The fourth-order valence-electron chi connectivity index (χ4n) is 2.70. The Morgan fingerprint density at radius 2 is 1.96 bits per heavy atom. The molecule has 1 N–H and O–H groups in total. The molecule has 0 unspecified atom stereocenters. The van der Waals surface area contributed by atoms with E-state index in [0.29, 0.717) is 5.75 Å². The van der Waals surface area contributed by atoms with Gasteiger partial charge in [0, 0.05) is 0 Å². The van der Waals surface area contributed by atoms with Crippen LogP contribution in [0.2, 0.25) is 0 Å². The lowest BCUT2D eigenvalue weighted by Gasteiger charge is -2.17. The van der Waals surface area contributed by atoms with Gasteiger partial charge in [0.1, 0.15) is 5.75 Å². The van der Waals surface area contributed by atoms with Crippen molar-refractivity contribution >= 4 is 21.8 Å². The van der Waals surface area contributed by atoms with Crippen LogP contribution in [0.1, 0.15) is 42.1 Å². The number of carbonyl (C=O) groups excluding carboxylic acids is 1. The first-order valence-electron chi connectivity index (χ1n) is 8.18. The Balaban J connectivity index is 1.93. The van der Waals surface area contributed by atoms with Crippen molar-refractivity contribution in [1.82, 2.24) is 5.32 Å². The number of hydrogen-bond donors (Lipinski definition) is 1. The minimum Gasteiger partial charge on any atom is -0.483 e. The molecule has 128 valence electrons. The normalized spacial score (nSPS) is 11.9. The van der Waals surface area contributed by atoms with Crippen LogP contribution >= 0.6 is 15.9 Å². The van der Waals surface area contributed by atoms with E-state index in [-0.39, 0.29) is 18.6 Å². The van der Waals surface area contributed by atoms with Crippen molar-refractivity contribution in [2.75, 3.05) is 6.61 Å². The van der Waals surface area contributed by atoms with Gasteiger partial charge in [-0.3, -0.25) is 4.79 Å². The molecular weight excluding hydrogens is 366 g/mol. The van der Waals surface area contributed by atoms with Gasteiger partial charge < -0.3 is 10.1 Å². The molecule has 0 heterocycles. The van der Waals surface area contributed by atoms with Crippen molar-refractivity contribution < 1.29 is 9.53 Å². The predicted octanol–water partition coefficient (Wildman–Crippen LogP) is 4.88. The molecule has 3 nitrogen and oxygen atoms in total. The molecule has 0 aliphatic carbocycles. The number of amides is 1. The van der Waals surface area contributed by atoms with Crippen LogP contribution in [0.3, 0.4) is 0 Å². The molecule has 0 aliphatic rings. The van der Waals surface area contributed by atoms with Gasteiger partial charge in [-0.25, -0.2) is 0 Å². The summed E-state index contributed by atoms with van der Waals surface area (Å²) in [6.07, 6.45) is 0.965. The summed E-state index contributed by atoms with van der Waals surface area (Å²) in [5.74, 6) is 0.551. The van der Waals surface area contributed by atoms with Gasteiger partial charge >= 0.3 is 0 Å². The van der Waals surface area contributed by atoms with Crippen molar-refractivity contribution in [3.8, 4) is 5.75 Å². The van der Waals surface area contributed by atoms with Gasteiger partial charge in [-0.15, -0.1) is 0 Å². The summed E-state index contributed by atoms with van der Waals surface area (Å²) in [4.78, 5) is 12.2. The fraction of sp³-hybridized carbons (Fsp3) is 0.350. The summed E-state index contributed by atoms with van der Waals surface area (Å²) in [7, 11) is 0. The fourth-order valence-corrected chi connectivity index (χ4v) is 3.24. The highest BCUT2D eigenvalue weighted by atomic mass is 79.9. The number of ether oxygens (including phenoxy) is 1. The Kier molecular flexibility index (Phi) is 6.44. The van der Waals surface area contributed by atoms with E-state index in [1.165, 1.54) is 16.7 Å². The van der Waals surface area contributed by atoms with Crippen LogP contribution in [-0.2, 0) is 11.2 Å². The molecule has 0 saturated heterocycles. The number of aryl methyl sites for hydroxylation is 3. The van der Waals surface area contributed by atoms with Crippen LogP contribution in [-0.4, -0.2) is 12.5 Å². The van der Waals surface area contributed by atoms with E-state index >= 15 is 0 Å². The van der Waals surface area contributed by atoms with Crippen molar-refractivity contribution in [2.24, 2.45) is 0 Å². The molecule has 0 aromatic heterocycles. The Labute approximate surface area is 152 Å². The smallest absolute Gasteiger partial charge is 0.258 e. The van der Waals surface area contributed by atoms with E-state index in [4.69, 9.17) is 4.74 Å². The second kappa shape index (κ2) is 8.34. The molecule has 0 radical (unpaired) electrons. The highest BCUT2D eigenvalue weighted by molar-refractivity contribution is 9.10. The number of nitrogens with one attached hydrogen (secondary N) is 1. The summed E-state index contributed by atoms with van der Waals surface area (Å²) in [5, 5.41) is 2.99. The van der Waals surface area contributed by atoms with E-state index in [9.17, 15) is 4.79 Å². The van der Waals surface area contributed by atoms with E-state index in [2.05, 4.69) is 60.2 Å². The minimum absolute atomic E-state index is 0.000674. The van der Waals surface area contributed by atoms with E-state index in [0.717, 1.165) is 16.5 Å². The van der Waals surface area contributed by atoms with Crippen LogP contribution in [0.5, 0.6) is 5.75 Å². The van der Waals surface area contributed by atoms with Gasteiger partial charge in [0.05, 0.1) is 10.5 Å². The highest BCUT2D eigenvalue weighted by Crippen LogP contribution is 2.26.